The minimum absolute atomic E-state index is 0.00504. The molecular formula is C23H30N6O6. The number of rotatable bonds is 11. The minimum Gasteiger partial charge on any atom is -0.508 e. The monoisotopic (exact) mass is 486 g/mol. The normalized spacial score (nSPS) is 17.7. The number of aromatic hydroxyl groups is 1. The molecule has 0 saturated carbocycles. The van der Waals surface area contributed by atoms with Gasteiger partial charge in [0.15, 0.2) is 0 Å². The number of hydrogen-bond acceptors (Lipinski definition) is 7. The van der Waals surface area contributed by atoms with Gasteiger partial charge >= 0.3 is 5.97 Å². The molecule has 3 amide bonds. The van der Waals surface area contributed by atoms with E-state index >= 15 is 0 Å². The molecule has 35 heavy (non-hydrogen) atoms. The number of aliphatic carboxylic acids is 1. The summed E-state index contributed by atoms with van der Waals surface area (Å²) in [6.07, 6.45) is 4.66. The van der Waals surface area contributed by atoms with Gasteiger partial charge < -0.3 is 36.5 Å². The van der Waals surface area contributed by atoms with Crippen LogP contribution in [0, 0.1) is 0 Å². The number of amides is 3. The molecule has 0 bridgehead atoms. The van der Waals surface area contributed by atoms with Crippen LogP contribution in [-0.2, 0) is 32.0 Å². The fourth-order valence-electron chi connectivity index (χ4n) is 3.75. The molecule has 1 fully saturated rings. The summed E-state index contributed by atoms with van der Waals surface area (Å²) in [7, 11) is 0. The molecule has 2 heterocycles. The van der Waals surface area contributed by atoms with Crippen LogP contribution in [0.4, 0.5) is 0 Å². The standard InChI is InChI=1S/C23H30N6O6/c1-13(20(31)29-19(23(34)35)9-14-4-6-16(30)7-5-14)27-22(33)18(10-15-11-24-12-26-15)28-21(32)17-3-2-8-25-17/h4-7,11-13,17-19,25,30H,2-3,8-10H2,1H3,(H,24,26)(H,27,33)(H,28,32)(H,29,31)(H,34,35). The van der Waals surface area contributed by atoms with E-state index in [1.807, 2.05) is 0 Å². The summed E-state index contributed by atoms with van der Waals surface area (Å²) in [6.45, 7) is 2.15. The fourth-order valence-corrected chi connectivity index (χ4v) is 3.75. The first-order valence-electron chi connectivity index (χ1n) is 11.4. The van der Waals surface area contributed by atoms with Gasteiger partial charge in [-0.15, -0.1) is 0 Å². The van der Waals surface area contributed by atoms with Crippen LogP contribution in [0.15, 0.2) is 36.8 Å². The van der Waals surface area contributed by atoms with Crippen LogP contribution in [0.1, 0.15) is 31.0 Å². The molecule has 1 aliphatic heterocycles. The molecule has 4 atom stereocenters. The Bertz CT molecular complexity index is 1020. The minimum atomic E-state index is -1.24. The summed E-state index contributed by atoms with van der Waals surface area (Å²) in [5.74, 6) is -2.77. The van der Waals surface area contributed by atoms with Gasteiger partial charge in [-0.1, -0.05) is 12.1 Å². The summed E-state index contributed by atoms with van der Waals surface area (Å²) in [4.78, 5) is 56.7. The number of carboxylic acid groups (broad SMARTS) is 1. The number of aromatic amines is 1. The number of phenolic OH excluding ortho intramolecular Hbond substituents is 1. The second-order valence-electron chi connectivity index (χ2n) is 8.49. The summed E-state index contributed by atoms with van der Waals surface area (Å²) in [5.41, 5.74) is 1.23. The average Bonchev–Trinajstić information content (AvgIpc) is 3.54. The molecule has 12 heteroatoms. The largest absolute Gasteiger partial charge is 0.508 e. The van der Waals surface area contributed by atoms with Gasteiger partial charge in [-0.05, 0) is 44.0 Å². The number of H-pyrrole nitrogens is 1. The summed E-state index contributed by atoms with van der Waals surface area (Å²) in [6, 6.07) is 2.32. The SMILES string of the molecule is CC(NC(=O)C(Cc1cnc[nH]1)NC(=O)C1CCCN1)C(=O)NC(Cc1ccc(O)cc1)C(=O)O. The molecular weight excluding hydrogens is 456 g/mol. The number of nitrogens with zero attached hydrogens (tertiary/aromatic N) is 1. The van der Waals surface area contributed by atoms with Gasteiger partial charge in [0.2, 0.25) is 17.7 Å². The van der Waals surface area contributed by atoms with E-state index in [1.165, 1.54) is 31.6 Å². The van der Waals surface area contributed by atoms with Crippen molar-refractivity contribution in [3.63, 3.8) is 0 Å². The fraction of sp³-hybridized carbons (Fsp3) is 0.435. The molecule has 1 aromatic heterocycles. The lowest BCUT2D eigenvalue weighted by molar-refractivity contribution is -0.142. The summed E-state index contributed by atoms with van der Waals surface area (Å²) >= 11 is 0. The first-order valence-corrected chi connectivity index (χ1v) is 11.4. The summed E-state index contributed by atoms with van der Waals surface area (Å²) < 4.78 is 0. The summed E-state index contributed by atoms with van der Waals surface area (Å²) in [5, 5.41) is 29.7. The van der Waals surface area contributed by atoms with Gasteiger partial charge in [-0.2, -0.15) is 0 Å². The van der Waals surface area contributed by atoms with Crippen LogP contribution in [0.5, 0.6) is 5.75 Å². The third kappa shape index (κ3) is 7.54. The van der Waals surface area contributed by atoms with Crippen molar-refractivity contribution in [2.45, 2.75) is 56.8 Å². The second kappa shape index (κ2) is 12.0. The van der Waals surface area contributed by atoms with Crippen LogP contribution in [0.25, 0.3) is 0 Å². The van der Waals surface area contributed by atoms with E-state index in [0.717, 1.165) is 13.0 Å². The Morgan fingerprint density at radius 2 is 1.80 bits per heavy atom. The molecule has 12 nitrogen and oxygen atoms in total. The molecule has 0 spiro atoms. The lowest BCUT2D eigenvalue weighted by Gasteiger charge is -2.23. The number of aromatic nitrogens is 2. The van der Waals surface area contributed by atoms with Crippen LogP contribution < -0.4 is 21.3 Å². The zero-order valence-electron chi connectivity index (χ0n) is 19.3. The molecule has 0 radical (unpaired) electrons. The highest BCUT2D eigenvalue weighted by Gasteiger charge is 2.30. The predicted octanol–water partition coefficient (Wildman–Crippen LogP) is -0.789. The van der Waals surface area contributed by atoms with Crippen LogP contribution in [-0.4, -0.2) is 74.6 Å². The predicted molar refractivity (Wildman–Crippen MR) is 124 cm³/mol. The zero-order valence-corrected chi connectivity index (χ0v) is 19.3. The third-order valence-electron chi connectivity index (χ3n) is 5.73. The lowest BCUT2D eigenvalue weighted by Crippen LogP contribution is -2.57. The van der Waals surface area contributed by atoms with Gasteiger partial charge in [0.05, 0.1) is 12.4 Å². The number of carboxylic acids is 1. The van der Waals surface area contributed by atoms with Crippen LogP contribution in [0.3, 0.4) is 0 Å². The molecule has 4 unspecified atom stereocenters. The molecule has 0 aliphatic carbocycles. The average molecular weight is 487 g/mol. The van der Waals surface area contributed by atoms with E-state index in [4.69, 9.17) is 0 Å². The van der Waals surface area contributed by atoms with E-state index in [0.29, 0.717) is 17.7 Å². The molecule has 2 aromatic rings. The van der Waals surface area contributed by atoms with Gasteiger partial charge in [0.1, 0.15) is 23.9 Å². The molecule has 1 saturated heterocycles. The van der Waals surface area contributed by atoms with E-state index < -0.39 is 35.9 Å². The molecule has 7 N–H and O–H groups in total. The zero-order chi connectivity index (χ0) is 25.4. The first kappa shape index (κ1) is 25.7. The number of benzene rings is 1. The van der Waals surface area contributed by atoms with Crippen molar-refractivity contribution < 1.29 is 29.4 Å². The number of carbonyl (C=O) groups excluding carboxylic acids is 3. The Morgan fingerprint density at radius 3 is 2.40 bits per heavy atom. The number of imidazole rings is 1. The maximum Gasteiger partial charge on any atom is 0.326 e. The van der Waals surface area contributed by atoms with Crippen molar-refractivity contribution in [3.05, 3.63) is 48.0 Å². The highest BCUT2D eigenvalue weighted by molar-refractivity contribution is 5.94. The highest BCUT2D eigenvalue weighted by atomic mass is 16.4. The van der Waals surface area contributed by atoms with Crippen molar-refractivity contribution >= 4 is 23.7 Å². The topological polar surface area (TPSA) is 186 Å². The van der Waals surface area contributed by atoms with Crippen molar-refractivity contribution in [3.8, 4) is 5.75 Å². The number of phenols is 1. The van der Waals surface area contributed by atoms with Gasteiger partial charge in [-0.25, -0.2) is 9.78 Å². The molecule has 1 aromatic carbocycles. The highest BCUT2D eigenvalue weighted by Crippen LogP contribution is 2.12. The van der Waals surface area contributed by atoms with Gasteiger partial charge in [0.25, 0.3) is 0 Å². The Labute approximate surface area is 201 Å². The van der Waals surface area contributed by atoms with Gasteiger partial charge in [0, 0.05) is 24.7 Å². The molecule has 1 aliphatic rings. The first-order chi connectivity index (χ1) is 16.7. The van der Waals surface area contributed by atoms with Crippen LogP contribution >= 0.6 is 0 Å². The second-order valence-corrected chi connectivity index (χ2v) is 8.49. The van der Waals surface area contributed by atoms with Gasteiger partial charge in [-0.3, -0.25) is 14.4 Å². The number of hydrogen-bond donors (Lipinski definition) is 7. The van der Waals surface area contributed by atoms with Crippen molar-refractivity contribution in [2.75, 3.05) is 6.54 Å². The Hall–Kier alpha value is -3.93. The lowest BCUT2D eigenvalue weighted by atomic mass is 10.1. The third-order valence-corrected chi connectivity index (χ3v) is 5.73. The van der Waals surface area contributed by atoms with E-state index in [-0.39, 0.29) is 30.5 Å². The van der Waals surface area contributed by atoms with E-state index in [9.17, 15) is 29.4 Å². The maximum absolute atomic E-state index is 13.0. The molecule has 188 valence electrons. The van der Waals surface area contributed by atoms with Crippen molar-refractivity contribution in [1.82, 2.24) is 31.2 Å². The Kier molecular flexibility index (Phi) is 8.79. The van der Waals surface area contributed by atoms with Crippen molar-refractivity contribution in [2.24, 2.45) is 0 Å². The quantitative estimate of drug-likeness (QED) is 0.215. The smallest absolute Gasteiger partial charge is 0.326 e. The Balaban J connectivity index is 1.61. The molecule has 3 rings (SSSR count). The van der Waals surface area contributed by atoms with Crippen LogP contribution in [0.2, 0.25) is 0 Å². The van der Waals surface area contributed by atoms with E-state index in [2.05, 4.69) is 31.2 Å². The van der Waals surface area contributed by atoms with Crippen molar-refractivity contribution in [1.29, 1.82) is 0 Å². The number of nitrogens with one attached hydrogen (secondary N) is 5. The Morgan fingerprint density at radius 1 is 1.06 bits per heavy atom. The van der Waals surface area contributed by atoms with E-state index in [1.54, 1.807) is 12.1 Å². The number of carbonyl (C=O) groups is 4. The maximum atomic E-state index is 13.0.